The van der Waals surface area contributed by atoms with Crippen LogP contribution in [0.3, 0.4) is 0 Å². The molecule has 98 valence electrons. The molecule has 0 bridgehead atoms. The Labute approximate surface area is 102 Å². The number of benzene rings is 1. The molecule has 0 fully saturated rings. The summed E-state index contributed by atoms with van der Waals surface area (Å²) in [5.74, 6) is -4.73. The van der Waals surface area contributed by atoms with Gasteiger partial charge in [-0.15, -0.1) is 0 Å². The third-order valence-electron chi connectivity index (χ3n) is 2.17. The summed E-state index contributed by atoms with van der Waals surface area (Å²) < 4.78 is 25.3. The Hall–Kier alpha value is -2.02. The van der Waals surface area contributed by atoms with Crippen LogP contribution in [-0.2, 0) is 0 Å². The summed E-state index contributed by atoms with van der Waals surface area (Å²) in [6, 6.07) is 5.24. The fourth-order valence-corrected chi connectivity index (χ4v) is 1.15. The fraction of sp³-hybridized carbons (Fsp3) is 0.273. The van der Waals surface area contributed by atoms with Gasteiger partial charge in [0, 0.05) is 11.1 Å². The van der Waals surface area contributed by atoms with Crippen LogP contribution in [0.15, 0.2) is 24.3 Å². The molecule has 0 saturated carbocycles. The molecular weight excluding hydrogens is 246 g/mol. The number of aliphatic hydroxyl groups excluding tert-OH is 1. The first-order valence-electron chi connectivity index (χ1n) is 5.02. The first-order valence-corrected chi connectivity index (χ1v) is 5.02. The van der Waals surface area contributed by atoms with Gasteiger partial charge >= 0.3 is 0 Å². The van der Waals surface area contributed by atoms with Gasteiger partial charge < -0.3 is 16.2 Å². The maximum Gasteiger partial charge on any atom is 0.287 e. The van der Waals surface area contributed by atoms with Crippen LogP contribution in [0.5, 0.6) is 0 Å². The van der Waals surface area contributed by atoms with Gasteiger partial charge in [-0.25, -0.2) is 8.78 Å². The number of rotatable bonds is 5. The lowest BCUT2D eigenvalue weighted by Gasteiger charge is -2.13. The van der Waals surface area contributed by atoms with Crippen molar-refractivity contribution in [2.75, 3.05) is 13.2 Å². The minimum atomic E-state index is -3.36. The molecule has 1 aromatic rings. The van der Waals surface area contributed by atoms with Crippen LogP contribution < -0.4 is 11.1 Å². The average Bonchev–Trinajstić information content (AvgIpc) is 2.36. The predicted molar refractivity (Wildman–Crippen MR) is 59.3 cm³/mol. The second-order valence-electron chi connectivity index (χ2n) is 3.64. The molecule has 18 heavy (non-hydrogen) atoms. The highest BCUT2D eigenvalue weighted by atomic mass is 19.3. The van der Waals surface area contributed by atoms with Gasteiger partial charge in [0.2, 0.25) is 5.91 Å². The van der Waals surface area contributed by atoms with E-state index in [0.717, 1.165) is 0 Å². The Kier molecular flexibility index (Phi) is 4.33. The number of primary amides is 1. The lowest BCUT2D eigenvalue weighted by Crippen LogP contribution is -2.38. The molecule has 0 spiro atoms. The van der Waals surface area contributed by atoms with Crippen molar-refractivity contribution in [2.24, 2.45) is 5.73 Å². The molecule has 0 aliphatic heterocycles. The summed E-state index contributed by atoms with van der Waals surface area (Å²) in [7, 11) is 0. The topological polar surface area (TPSA) is 92.4 Å². The Morgan fingerprint density at radius 2 is 1.72 bits per heavy atom. The van der Waals surface area contributed by atoms with Crippen LogP contribution in [0.25, 0.3) is 0 Å². The summed E-state index contributed by atoms with van der Waals surface area (Å²) >= 11 is 0. The van der Waals surface area contributed by atoms with Crippen LogP contribution in [0.2, 0.25) is 0 Å². The molecule has 5 nitrogen and oxygen atoms in total. The van der Waals surface area contributed by atoms with E-state index in [0.29, 0.717) is 0 Å². The molecule has 0 radical (unpaired) electrons. The van der Waals surface area contributed by atoms with Gasteiger partial charge in [-0.3, -0.25) is 9.59 Å². The number of alkyl halides is 2. The minimum Gasteiger partial charge on any atom is -0.390 e. The third kappa shape index (κ3) is 3.77. The highest BCUT2D eigenvalue weighted by Gasteiger charge is 2.28. The number of nitrogens with one attached hydrogen (secondary N) is 1. The van der Waals surface area contributed by atoms with Gasteiger partial charge in [0.25, 0.3) is 11.8 Å². The standard InChI is InChI=1S/C11H12F2N2O3/c12-11(13,6-16)5-15-10(18)8-3-1-7(2-4-8)9(14)17/h1-4,16H,5-6H2,(H2,14,17)(H,15,18). The Morgan fingerprint density at radius 1 is 1.22 bits per heavy atom. The first-order chi connectivity index (χ1) is 8.35. The Bertz CT molecular complexity index is 446. The van der Waals surface area contributed by atoms with E-state index in [1.807, 2.05) is 5.32 Å². The lowest BCUT2D eigenvalue weighted by atomic mass is 10.1. The quantitative estimate of drug-likeness (QED) is 0.701. The van der Waals surface area contributed by atoms with E-state index >= 15 is 0 Å². The van der Waals surface area contributed by atoms with Crippen molar-refractivity contribution in [1.29, 1.82) is 0 Å². The number of carbonyl (C=O) groups excluding carboxylic acids is 2. The van der Waals surface area contributed by atoms with Crippen LogP contribution in [0, 0.1) is 0 Å². The molecule has 0 atom stereocenters. The molecule has 0 unspecified atom stereocenters. The fourth-order valence-electron chi connectivity index (χ4n) is 1.15. The monoisotopic (exact) mass is 258 g/mol. The number of nitrogens with two attached hydrogens (primary N) is 1. The normalized spacial score (nSPS) is 11.1. The first kappa shape index (κ1) is 14.0. The minimum absolute atomic E-state index is 0.119. The summed E-state index contributed by atoms with van der Waals surface area (Å²) in [6.07, 6.45) is 0. The number of halogens is 2. The van der Waals surface area contributed by atoms with E-state index in [2.05, 4.69) is 0 Å². The van der Waals surface area contributed by atoms with Crippen LogP contribution in [0.1, 0.15) is 20.7 Å². The van der Waals surface area contributed by atoms with Gasteiger partial charge in [-0.05, 0) is 24.3 Å². The van der Waals surface area contributed by atoms with E-state index in [4.69, 9.17) is 10.8 Å². The van der Waals surface area contributed by atoms with E-state index in [1.165, 1.54) is 24.3 Å². The zero-order valence-electron chi connectivity index (χ0n) is 9.32. The second kappa shape index (κ2) is 5.54. The summed E-state index contributed by atoms with van der Waals surface area (Å²) in [5.41, 5.74) is 5.34. The van der Waals surface area contributed by atoms with E-state index in [1.54, 1.807) is 0 Å². The van der Waals surface area contributed by atoms with Crippen molar-refractivity contribution in [3.63, 3.8) is 0 Å². The average molecular weight is 258 g/mol. The molecule has 0 aliphatic rings. The van der Waals surface area contributed by atoms with Crippen LogP contribution in [-0.4, -0.2) is 36.0 Å². The molecule has 4 N–H and O–H groups in total. The predicted octanol–water partition coefficient (Wildman–Crippen LogP) is 0.143. The van der Waals surface area contributed by atoms with E-state index in [9.17, 15) is 18.4 Å². The molecule has 2 amide bonds. The van der Waals surface area contributed by atoms with Crippen LogP contribution >= 0.6 is 0 Å². The van der Waals surface area contributed by atoms with Gasteiger partial charge in [-0.1, -0.05) is 0 Å². The molecule has 0 saturated heterocycles. The largest absolute Gasteiger partial charge is 0.390 e. The Balaban J connectivity index is 2.65. The molecular formula is C11H12F2N2O3. The van der Waals surface area contributed by atoms with Gasteiger partial charge in [-0.2, -0.15) is 0 Å². The zero-order chi connectivity index (χ0) is 13.8. The van der Waals surface area contributed by atoms with Crippen molar-refractivity contribution < 1.29 is 23.5 Å². The highest BCUT2D eigenvalue weighted by molar-refractivity contribution is 5.97. The number of hydrogen-bond donors (Lipinski definition) is 3. The van der Waals surface area contributed by atoms with E-state index < -0.39 is 30.9 Å². The molecule has 1 rings (SSSR count). The summed E-state index contributed by atoms with van der Waals surface area (Å²) in [6.45, 7) is -2.30. The van der Waals surface area contributed by atoms with Gasteiger partial charge in [0.05, 0.1) is 6.54 Å². The summed E-state index contributed by atoms with van der Waals surface area (Å²) in [4.78, 5) is 22.2. The van der Waals surface area contributed by atoms with Crippen molar-refractivity contribution in [2.45, 2.75) is 5.92 Å². The number of hydrogen-bond acceptors (Lipinski definition) is 3. The maximum atomic E-state index is 12.7. The highest BCUT2D eigenvalue weighted by Crippen LogP contribution is 2.10. The second-order valence-corrected chi connectivity index (χ2v) is 3.64. The summed E-state index contributed by atoms with van der Waals surface area (Å²) in [5, 5.41) is 10.3. The molecule has 0 aromatic heterocycles. The van der Waals surface area contributed by atoms with Gasteiger partial charge in [0.15, 0.2) is 0 Å². The number of amides is 2. The molecule has 1 aromatic carbocycles. The van der Waals surface area contributed by atoms with Gasteiger partial charge in [0.1, 0.15) is 6.61 Å². The molecule has 0 heterocycles. The van der Waals surface area contributed by atoms with Crippen LogP contribution in [0.4, 0.5) is 8.78 Å². The van der Waals surface area contributed by atoms with E-state index in [-0.39, 0.29) is 11.1 Å². The maximum absolute atomic E-state index is 12.7. The lowest BCUT2D eigenvalue weighted by molar-refractivity contribution is -0.0462. The Morgan fingerprint density at radius 3 is 2.17 bits per heavy atom. The SMILES string of the molecule is NC(=O)c1ccc(C(=O)NCC(F)(F)CO)cc1. The molecule has 7 heteroatoms. The third-order valence-corrected chi connectivity index (χ3v) is 2.17. The number of aliphatic hydroxyl groups is 1. The zero-order valence-corrected chi connectivity index (χ0v) is 9.32. The molecule has 0 aliphatic carbocycles. The number of carbonyl (C=O) groups is 2. The van der Waals surface area contributed by atoms with Crippen molar-refractivity contribution in [3.05, 3.63) is 35.4 Å². The van der Waals surface area contributed by atoms with Crippen molar-refractivity contribution in [1.82, 2.24) is 5.32 Å². The van der Waals surface area contributed by atoms with Crippen molar-refractivity contribution in [3.8, 4) is 0 Å². The van der Waals surface area contributed by atoms with Crippen molar-refractivity contribution >= 4 is 11.8 Å². The smallest absolute Gasteiger partial charge is 0.287 e.